The number of aliphatic hydroxyl groups is 2. The fourth-order valence-corrected chi connectivity index (χ4v) is 6.73. The first-order valence-electron chi connectivity index (χ1n) is 9.58. The van der Waals surface area contributed by atoms with Gasteiger partial charge in [-0.25, -0.2) is 0 Å². The number of rotatable bonds is 6. The molecule has 3 atom stereocenters. The largest absolute Gasteiger partial charge is 0.407 e. The van der Waals surface area contributed by atoms with Gasteiger partial charge in [-0.1, -0.05) is 47.5 Å². The van der Waals surface area contributed by atoms with Gasteiger partial charge in [-0.3, -0.25) is 0 Å². The van der Waals surface area contributed by atoms with Crippen molar-refractivity contribution in [3.8, 4) is 11.5 Å². The number of hydrogen-bond acceptors (Lipinski definition) is 4. The summed E-state index contributed by atoms with van der Waals surface area (Å²) in [5.41, 5.74) is 2.04. The summed E-state index contributed by atoms with van der Waals surface area (Å²) < 4.78 is 12.1. The maximum atomic E-state index is 11.4. The molecule has 1 rings (SSSR count). The molecule has 4 nitrogen and oxygen atoms in total. The Morgan fingerprint density at radius 2 is 1.68 bits per heavy atom. The smallest absolute Gasteiger partial charge is 0.192 e. The van der Waals surface area contributed by atoms with Crippen LogP contribution in [0, 0.1) is 11.5 Å². The molecule has 1 aliphatic heterocycles. The molecule has 0 aromatic carbocycles. The van der Waals surface area contributed by atoms with E-state index in [1.807, 2.05) is 0 Å². The molecule has 1 fully saturated rings. The Morgan fingerprint density at radius 3 is 2.08 bits per heavy atom. The van der Waals surface area contributed by atoms with Crippen LogP contribution >= 0.6 is 0 Å². The van der Waals surface area contributed by atoms with Crippen molar-refractivity contribution in [3.05, 3.63) is 0 Å². The second kappa shape index (κ2) is 8.24. The maximum absolute atomic E-state index is 11.4. The van der Waals surface area contributed by atoms with Gasteiger partial charge in [0.05, 0.1) is 13.2 Å². The van der Waals surface area contributed by atoms with E-state index >= 15 is 0 Å². The van der Waals surface area contributed by atoms with Crippen molar-refractivity contribution in [3.63, 3.8) is 0 Å². The molecule has 25 heavy (non-hydrogen) atoms. The van der Waals surface area contributed by atoms with Crippen molar-refractivity contribution in [2.75, 3.05) is 13.2 Å². The molecule has 0 radical (unpaired) electrons. The highest BCUT2D eigenvalue weighted by atomic mass is 28.4. The van der Waals surface area contributed by atoms with E-state index in [2.05, 4.69) is 66.1 Å². The van der Waals surface area contributed by atoms with Crippen molar-refractivity contribution in [2.45, 2.75) is 95.6 Å². The summed E-state index contributed by atoms with van der Waals surface area (Å²) in [6.45, 7) is 17.4. The molecule has 1 aliphatic rings. The summed E-state index contributed by atoms with van der Waals surface area (Å²) in [6.07, 6.45) is -1.21. The van der Waals surface area contributed by atoms with Crippen LogP contribution < -0.4 is 0 Å². The first-order chi connectivity index (χ1) is 11.4. The van der Waals surface area contributed by atoms with E-state index < -0.39 is 34.2 Å². The predicted molar refractivity (Wildman–Crippen MR) is 109 cm³/mol. The molecule has 0 spiro atoms. The standard InChI is InChI=1S/C19H38O4Si2/c1-9-25(10-2,11-3)13-12-19(21)16(14-20)22-15-17(19)23-24(7,8)18(4,5)6/h16-17,20-21H,9-11,14-15H2,1-8H3/t16-,17+,19-/m1/s1. The van der Waals surface area contributed by atoms with Gasteiger partial charge < -0.3 is 19.4 Å². The van der Waals surface area contributed by atoms with Gasteiger partial charge in [0.25, 0.3) is 0 Å². The topological polar surface area (TPSA) is 58.9 Å². The summed E-state index contributed by atoms with van der Waals surface area (Å²) in [6, 6.07) is 3.21. The number of aliphatic hydroxyl groups excluding tert-OH is 1. The zero-order valence-corrected chi connectivity index (χ0v) is 19.4. The van der Waals surface area contributed by atoms with Gasteiger partial charge in [0.1, 0.15) is 20.3 Å². The lowest BCUT2D eigenvalue weighted by atomic mass is 9.95. The molecular formula is C19H38O4Si2. The number of hydrogen-bond donors (Lipinski definition) is 2. The van der Waals surface area contributed by atoms with Crippen molar-refractivity contribution < 1.29 is 19.4 Å². The normalized spacial score (nSPS) is 27.9. The monoisotopic (exact) mass is 386 g/mol. The van der Waals surface area contributed by atoms with Gasteiger partial charge in [-0.15, -0.1) is 5.54 Å². The van der Waals surface area contributed by atoms with E-state index in [0.29, 0.717) is 0 Å². The molecule has 0 amide bonds. The Bertz CT molecular complexity index is 492. The molecule has 0 saturated carbocycles. The summed E-state index contributed by atoms with van der Waals surface area (Å²) in [5.74, 6) is 3.16. The minimum absolute atomic E-state index is 0.0351. The van der Waals surface area contributed by atoms with Crippen LogP contribution in [0.5, 0.6) is 0 Å². The van der Waals surface area contributed by atoms with E-state index in [0.717, 1.165) is 18.1 Å². The quantitative estimate of drug-likeness (QED) is 0.541. The lowest BCUT2D eigenvalue weighted by Crippen LogP contribution is -2.54. The summed E-state index contributed by atoms with van der Waals surface area (Å²) in [7, 11) is -3.78. The van der Waals surface area contributed by atoms with Crippen LogP contribution in [0.1, 0.15) is 41.5 Å². The van der Waals surface area contributed by atoms with E-state index in [1.54, 1.807) is 0 Å². The fourth-order valence-electron chi connectivity index (χ4n) is 2.92. The maximum Gasteiger partial charge on any atom is 0.192 e. The average Bonchev–Trinajstić information content (AvgIpc) is 2.84. The third-order valence-corrected chi connectivity index (χ3v) is 15.6. The van der Waals surface area contributed by atoms with Gasteiger partial charge in [0, 0.05) is 0 Å². The van der Waals surface area contributed by atoms with E-state index in [9.17, 15) is 10.2 Å². The average molecular weight is 387 g/mol. The Kier molecular flexibility index (Phi) is 7.54. The minimum atomic E-state index is -2.08. The molecule has 0 unspecified atom stereocenters. The van der Waals surface area contributed by atoms with Crippen molar-refractivity contribution >= 4 is 16.4 Å². The summed E-state index contributed by atoms with van der Waals surface area (Å²) in [4.78, 5) is 0. The van der Waals surface area contributed by atoms with Crippen LogP contribution in [-0.4, -0.2) is 57.6 Å². The molecule has 0 aromatic heterocycles. The third-order valence-electron chi connectivity index (χ3n) is 6.40. The van der Waals surface area contributed by atoms with E-state index in [-0.39, 0.29) is 18.3 Å². The van der Waals surface area contributed by atoms with Crippen molar-refractivity contribution in [2.24, 2.45) is 0 Å². The van der Waals surface area contributed by atoms with Crippen LogP contribution in [0.25, 0.3) is 0 Å². The number of ether oxygens (including phenoxy) is 1. The molecular weight excluding hydrogens is 348 g/mol. The van der Waals surface area contributed by atoms with Crippen LogP contribution in [0.4, 0.5) is 0 Å². The first-order valence-corrected chi connectivity index (χ1v) is 15.1. The van der Waals surface area contributed by atoms with Gasteiger partial charge in [0.2, 0.25) is 0 Å². The molecule has 0 aliphatic carbocycles. The highest BCUT2D eigenvalue weighted by molar-refractivity contribution is 6.87. The fraction of sp³-hybridized carbons (Fsp3) is 0.895. The van der Waals surface area contributed by atoms with Crippen molar-refractivity contribution in [1.82, 2.24) is 0 Å². The molecule has 1 heterocycles. The Hall–Kier alpha value is -0.166. The highest BCUT2D eigenvalue weighted by Crippen LogP contribution is 2.40. The molecule has 1 saturated heterocycles. The Labute approximate surface area is 156 Å². The van der Waals surface area contributed by atoms with Crippen LogP contribution in [0.15, 0.2) is 0 Å². The molecule has 2 N–H and O–H groups in total. The molecule has 0 bridgehead atoms. The van der Waals surface area contributed by atoms with Crippen LogP contribution in [-0.2, 0) is 9.16 Å². The minimum Gasteiger partial charge on any atom is -0.407 e. The van der Waals surface area contributed by atoms with E-state index in [4.69, 9.17) is 9.16 Å². The summed E-state index contributed by atoms with van der Waals surface area (Å²) >= 11 is 0. The Balaban J connectivity index is 3.21. The highest BCUT2D eigenvalue weighted by Gasteiger charge is 2.53. The zero-order valence-electron chi connectivity index (χ0n) is 17.4. The third kappa shape index (κ3) is 4.76. The van der Waals surface area contributed by atoms with Gasteiger partial charge in [-0.2, -0.15) is 0 Å². The van der Waals surface area contributed by atoms with Crippen molar-refractivity contribution in [1.29, 1.82) is 0 Å². The lowest BCUT2D eigenvalue weighted by Gasteiger charge is -2.40. The first kappa shape index (κ1) is 22.9. The molecule has 0 aromatic rings. The van der Waals surface area contributed by atoms with Crippen LogP contribution in [0.2, 0.25) is 36.3 Å². The second-order valence-electron chi connectivity index (χ2n) is 8.79. The van der Waals surface area contributed by atoms with E-state index in [1.165, 1.54) is 0 Å². The Morgan fingerprint density at radius 1 is 1.16 bits per heavy atom. The SMILES string of the molecule is CC[Si](C#C[C@]1(O)[C@@H](O[Si](C)(C)C(C)(C)C)CO[C@@H]1CO)(CC)CC. The predicted octanol–water partition coefficient (Wildman–Crippen LogP) is 3.55. The molecule has 146 valence electrons. The second-order valence-corrected chi connectivity index (χ2v) is 18.5. The lowest BCUT2D eigenvalue weighted by molar-refractivity contribution is -0.0489. The van der Waals surface area contributed by atoms with Gasteiger partial charge >= 0.3 is 0 Å². The molecule has 6 heteroatoms. The zero-order chi connectivity index (χ0) is 19.5. The van der Waals surface area contributed by atoms with Gasteiger partial charge in [0.15, 0.2) is 13.9 Å². The van der Waals surface area contributed by atoms with Gasteiger partial charge in [-0.05, 0) is 36.3 Å². The summed E-state index contributed by atoms with van der Waals surface area (Å²) in [5, 5.41) is 21.1. The van der Waals surface area contributed by atoms with Crippen LogP contribution in [0.3, 0.4) is 0 Å².